The van der Waals surface area contributed by atoms with Crippen molar-refractivity contribution in [3.63, 3.8) is 0 Å². The number of nitrogens with one attached hydrogen (secondary N) is 1. The van der Waals surface area contributed by atoms with Gasteiger partial charge in [0.05, 0.1) is 28.9 Å². The molecule has 1 saturated heterocycles. The van der Waals surface area contributed by atoms with E-state index in [1.807, 2.05) is 30.3 Å². The monoisotopic (exact) mass is 478 g/mol. The highest BCUT2D eigenvalue weighted by atomic mass is 16.5. The number of nitriles is 1. The summed E-state index contributed by atoms with van der Waals surface area (Å²) >= 11 is 0. The van der Waals surface area contributed by atoms with Crippen LogP contribution in [0.3, 0.4) is 0 Å². The molecule has 10 heteroatoms. The van der Waals surface area contributed by atoms with Crippen LogP contribution in [-0.4, -0.2) is 48.2 Å². The Morgan fingerprint density at radius 1 is 1.08 bits per heavy atom. The van der Waals surface area contributed by atoms with Crippen molar-refractivity contribution in [3.05, 3.63) is 60.6 Å². The number of anilines is 1. The van der Waals surface area contributed by atoms with Crippen LogP contribution in [0.25, 0.3) is 39.5 Å². The van der Waals surface area contributed by atoms with Crippen LogP contribution in [0.1, 0.15) is 31.4 Å². The van der Waals surface area contributed by atoms with Crippen LogP contribution in [0.2, 0.25) is 0 Å². The van der Waals surface area contributed by atoms with E-state index in [4.69, 9.17) is 14.7 Å². The van der Waals surface area contributed by atoms with Gasteiger partial charge < -0.3 is 14.6 Å². The fourth-order valence-electron chi connectivity index (χ4n) is 4.63. The molecule has 1 amide bonds. The van der Waals surface area contributed by atoms with Gasteiger partial charge in [0, 0.05) is 37.4 Å². The average Bonchev–Trinajstić information content (AvgIpc) is 3.50. The molecule has 2 aromatic carbocycles. The molecule has 178 valence electrons. The maximum absolute atomic E-state index is 11.4. The lowest BCUT2D eigenvalue weighted by Gasteiger charge is -2.25. The second kappa shape index (κ2) is 8.87. The SMILES string of the molecule is CC(=O)Nc1ccc(-c2nc3cnc(-n4cnc5ccc(C#N)cc54)nc3n2C2CCOCC2)cc1. The number of hydrogen-bond donors (Lipinski definition) is 1. The third kappa shape index (κ3) is 3.85. The lowest BCUT2D eigenvalue weighted by molar-refractivity contribution is -0.114. The van der Waals surface area contributed by atoms with E-state index in [0.29, 0.717) is 30.2 Å². The van der Waals surface area contributed by atoms with E-state index >= 15 is 0 Å². The topological polar surface area (TPSA) is 124 Å². The van der Waals surface area contributed by atoms with E-state index < -0.39 is 0 Å². The average molecular weight is 479 g/mol. The Morgan fingerprint density at radius 3 is 2.64 bits per heavy atom. The highest BCUT2D eigenvalue weighted by Crippen LogP contribution is 2.33. The third-order valence-corrected chi connectivity index (χ3v) is 6.33. The quantitative estimate of drug-likeness (QED) is 0.414. The van der Waals surface area contributed by atoms with Crippen molar-refractivity contribution in [2.75, 3.05) is 18.5 Å². The molecule has 0 unspecified atom stereocenters. The normalized spacial score (nSPS) is 14.2. The summed E-state index contributed by atoms with van der Waals surface area (Å²) in [5.41, 5.74) is 5.13. The Hall–Kier alpha value is -4.62. The number of nitrogens with zero attached hydrogens (tertiary/aromatic N) is 7. The number of amides is 1. The Kier molecular flexibility index (Phi) is 5.39. The second-order valence-corrected chi connectivity index (χ2v) is 8.72. The number of imidazole rings is 2. The molecule has 1 fully saturated rings. The van der Waals surface area contributed by atoms with Gasteiger partial charge >= 0.3 is 0 Å². The number of fused-ring (bicyclic) bond motifs is 2. The van der Waals surface area contributed by atoms with Gasteiger partial charge in [-0.05, 0) is 55.3 Å². The first kappa shape index (κ1) is 21.9. The maximum Gasteiger partial charge on any atom is 0.237 e. The fraction of sp³-hybridized carbons (Fsp3) is 0.231. The minimum atomic E-state index is -0.117. The zero-order chi connectivity index (χ0) is 24.6. The molecule has 1 aliphatic heterocycles. The van der Waals surface area contributed by atoms with E-state index in [1.165, 1.54) is 6.92 Å². The summed E-state index contributed by atoms with van der Waals surface area (Å²) < 4.78 is 9.58. The highest BCUT2D eigenvalue weighted by molar-refractivity contribution is 5.89. The molecule has 0 saturated carbocycles. The number of hydrogen-bond acceptors (Lipinski definition) is 7. The third-order valence-electron chi connectivity index (χ3n) is 6.33. The molecule has 1 N–H and O–H groups in total. The van der Waals surface area contributed by atoms with E-state index in [-0.39, 0.29) is 11.9 Å². The van der Waals surface area contributed by atoms with Crippen molar-refractivity contribution >= 4 is 33.8 Å². The maximum atomic E-state index is 11.4. The van der Waals surface area contributed by atoms with Crippen molar-refractivity contribution in [2.24, 2.45) is 0 Å². The standard InChI is InChI=1S/C26H22N8O2/c1-16(35)30-19-5-3-18(4-6-19)24-31-22-14-28-26(32-25(22)34(24)20-8-10-36-11-9-20)33-15-29-21-7-2-17(13-27)12-23(21)33/h2-7,12,14-15,20H,8-11H2,1H3,(H,30,35). The van der Waals surface area contributed by atoms with E-state index in [9.17, 15) is 10.1 Å². The first-order valence-corrected chi connectivity index (χ1v) is 11.7. The molecule has 0 bridgehead atoms. The number of carbonyl (C=O) groups is 1. The Labute approximate surface area is 206 Å². The predicted octanol–water partition coefficient (Wildman–Crippen LogP) is 4.01. The van der Waals surface area contributed by atoms with E-state index in [0.717, 1.165) is 46.6 Å². The molecule has 4 heterocycles. The van der Waals surface area contributed by atoms with Crippen LogP contribution in [0.5, 0.6) is 0 Å². The molecular formula is C26H22N8O2. The summed E-state index contributed by atoms with van der Waals surface area (Å²) in [5, 5.41) is 12.1. The smallest absolute Gasteiger partial charge is 0.237 e. The molecule has 5 aromatic rings. The molecule has 36 heavy (non-hydrogen) atoms. The Balaban J connectivity index is 1.50. The van der Waals surface area contributed by atoms with Crippen molar-refractivity contribution < 1.29 is 9.53 Å². The summed E-state index contributed by atoms with van der Waals surface area (Å²) in [5.74, 6) is 1.13. The number of ether oxygens (including phenoxy) is 1. The number of aromatic nitrogens is 6. The molecule has 0 radical (unpaired) electrons. The molecule has 6 rings (SSSR count). The van der Waals surface area contributed by atoms with Crippen LogP contribution in [0.4, 0.5) is 5.69 Å². The summed E-state index contributed by atoms with van der Waals surface area (Å²) in [6.45, 7) is 2.83. The van der Waals surface area contributed by atoms with Crippen LogP contribution < -0.4 is 5.32 Å². The highest BCUT2D eigenvalue weighted by Gasteiger charge is 2.24. The van der Waals surface area contributed by atoms with Gasteiger partial charge in [-0.3, -0.25) is 9.36 Å². The fourth-order valence-corrected chi connectivity index (χ4v) is 4.63. The summed E-state index contributed by atoms with van der Waals surface area (Å²) in [7, 11) is 0. The lowest BCUT2D eigenvalue weighted by Crippen LogP contribution is -2.20. The Bertz CT molecular complexity index is 1640. The minimum Gasteiger partial charge on any atom is -0.381 e. The molecule has 0 spiro atoms. The number of carbonyl (C=O) groups excluding carboxylic acids is 1. The summed E-state index contributed by atoms with van der Waals surface area (Å²) in [4.78, 5) is 30.3. The van der Waals surface area contributed by atoms with Crippen LogP contribution in [0.15, 0.2) is 55.0 Å². The van der Waals surface area contributed by atoms with Gasteiger partial charge in [0.15, 0.2) is 5.65 Å². The van der Waals surface area contributed by atoms with E-state index in [1.54, 1.807) is 29.2 Å². The summed E-state index contributed by atoms with van der Waals surface area (Å²) in [6.07, 6.45) is 5.09. The van der Waals surface area contributed by atoms with Crippen molar-refractivity contribution in [3.8, 4) is 23.4 Å². The van der Waals surface area contributed by atoms with Crippen molar-refractivity contribution in [2.45, 2.75) is 25.8 Å². The van der Waals surface area contributed by atoms with E-state index in [2.05, 4.69) is 25.9 Å². The van der Waals surface area contributed by atoms with Crippen molar-refractivity contribution in [1.29, 1.82) is 5.26 Å². The molecule has 0 aliphatic carbocycles. The number of benzene rings is 2. The van der Waals surface area contributed by atoms with Gasteiger partial charge in [-0.25, -0.2) is 15.0 Å². The summed E-state index contributed by atoms with van der Waals surface area (Å²) in [6, 6.07) is 15.3. The second-order valence-electron chi connectivity index (χ2n) is 8.72. The Morgan fingerprint density at radius 2 is 1.89 bits per heavy atom. The first-order valence-electron chi connectivity index (χ1n) is 11.7. The lowest BCUT2D eigenvalue weighted by atomic mass is 10.1. The van der Waals surface area contributed by atoms with Gasteiger partial charge in [0.1, 0.15) is 17.7 Å². The predicted molar refractivity (Wildman–Crippen MR) is 133 cm³/mol. The van der Waals surface area contributed by atoms with Crippen molar-refractivity contribution in [1.82, 2.24) is 29.1 Å². The van der Waals surface area contributed by atoms with Gasteiger partial charge in [0.25, 0.3) is 0 Å². The zero-order valence-electron chi connectivity index (χ0n) is 19.5. The molecule has 0 atom stereocenters. The van der Waals surface area contributed by atoms with Gasteiger partial charge in [-0.15, -0.1) is 0 Å². The van der Waals surface area contributed by atoms with Gasteiger partial charge in [0.2, 0.25) is 11.9 Å². The molecule has 3 aromatic heterocycles. The first-order chi connectivity index (χ1) is 17.6. The van der Waals surface area contributed by atoms with Gasteiger partial charge in [-0.2, -0.15) is 10.2 Å². The molecule has 1 aliphatic rings. The van der Waals surface area contributed by atoms with Crippen LogP contribution in [0, 0.1) is 11.3 Å². The molecular weight excluding hydrogens is 456 g/mol. The minimum absolute atomic E-state index is 0.117. The van der Waals surface area contributed by atoms with Gasteiger partial charge in [-0.1, -0.05) is 0 Å². The molecule has 10 nitrogen and oxygen atoms in total. The van der Waals surface area contributed by atoms with Crippen LogP contribution >= 0.6 is 0 Å². The zero-order valence-corrected chi connectivity index (χ0v) is 19.5. The largest absolute Gasteiger partial charge is 0.381 e. The van der Waals surface area contributed by atoms with Crippen LogP contribution in [-0.2, 0) is 9.53 Å². The number of rotatable bonds is 4.